The van der Waals surface area contributed by atoms with E-state index in [2.05, 4.69) is 64.6 Å². The van der Waals surface area contributed by atoms with Crippen LogP contribution < -0.4 is 44.3 Å². The highest BCUT2D eigenvalue weighted by atomic mass is 16.5. The Hall–Kier alpha value is -7.14. The van der Waals surface area contributed by atoms with E-state index >= 15 is 0 Å². The Morgan fingerprint density at radius 2 is 1.43 bits per heavy atom. The minimum atomic E-state index is -0.133. The van der Waals surface area contributed by atoms with E-state index in [0.29, 0.717) is 111 Å². The molecule has 0 aliphatic carbocycles. The third-order valence-corrected chi connectivity index (χ3v) is 13.7. The number of hydrogen-bond donors (Lipinski definition) is 2. The van der Waals surface area contributed by atoms with Crippen molar-refractivity contribution in [3.05, 3.63) is 124 Å². The van der Waals surface area contributed by atoms with Crippen LogP contribution in [-0.2, 0) is 45.1 Å². The molecule has 0 bridgehead atoms. The second-order valence-electron chi connectivity index (χ2n) is 18.6. The molecule has 5 aromatic carbocycles. The lowest BCUT2D eigenvalue weighted by Crippen LogP contribution is -2.35. The number of amides is 2. The zero-order valence-electron chi connectivity index (χ0n) is 44.7. The lowest BCUT2D eigenvalue weighted by Gasteiger charge is -2.27. The van der Waals surface area contributed by atoms with Gasteiger partial charge in [-0.2, -0.15) is 0 Å². The Labute approximate surface area is 442 Å². The summed E-state index contributed by atoms with van der Waals surface area (Å²) in [6.07, 6.45) is 6.94. The van der Waals surface area contributed by atoms with Gasteiger partial charge in [0.05, 0.1) is 70.2 Å². The fraction of sp³-hybridized carbons (Fsp3) is 0.424. The van der Waals surface area contributed by atoms with Crippen molar-refractivity contribution in [1.29, 1.82) is 0 Å². The molecule has 0 saturated heterocycles. The Bertz CT molecular complexity index is 2730. The number of ether oxygens (including phenoxy) is 7. The molecule has 5 aromatic rings. The highest BCUT2D eigenvalue weighted by Crippen LogP contribution is 2.39. The molecule has 7 rings (SSSR count). The van der Waals surface area contributed by atoms with Gasteiger partial charge in [0, 0.05) is 94.3 Å². The summed E-state index contributed by atoms with van der Waals surface area (Å²) in [5.74, 6) is 1.56. The topological polar surface area (TPSA) is 162 Å². The summed E-state index contributed by atoms with van der Waals surface area (Å²) >= 11 is 0. The Kier molecular flexibility index (Phi) is 20.7. The highest BCUT2D eigenvalue weighted by Gasteiger charge is 2.29. The zero-order valence-corrected chi connectivity index (χ0v) is 44.7. The summed E-state index contributed by atoms with van der Waals surface area (Å²) in [4.78, 5) is 50.7. The van der Waals surface area contributed by atoms with Gasteiger partial charge in [-0.3, -0.25) is 19.4 Å². The van der Waals surface area contributed by atoms with E-state index in [1.807, 2.05) is 54.6 Å². The van der Waals surface area contributed by atoms with Crippen LogP contribution in [0.5, 0.6) is 23.0 Å². The molecule has 1 unspecified atom stereocenters. The van der Waals surface area contributed by atoms with Gasteiger partial charge in [0.15, 0.2) is 29.3 Å². The van der Waals surface area contributed by atoms with Crippen molar-refractivity contribution >= 4 is 52.8 Å². The number of aliphatic imine (C=N–C) groups is 1. The van der Waals surface area contributed by atoms with Crippen LogP contribution in [0.15, 0.2) is 96.0 Å². The van der Waals surface area contributed by atoms with Crippen molar-refractivity contribution in [2.75, 3.05) is 108 Å². The molecule has 400 valence electrons. The normalized spacial score (nSPS) is 13.7. The highest BCUT2D eigenvalue weighted by molar-refractivity contribution is 6.11. The number of rotatable bonds is 30. The van der Waals surface area contributed by atoms with Gasteiger partial charge in [-0.05, 0) is 96.8 Å². The number of methoxy groups -OCH3 is 3. The number of carbonyl (C=O) groups excluding carboxylic acids is 3. The smallest absolute Gasteiger partial charge is 0.260 e. The van der Waals surface area contributed by atoms with Crippen LogP contribution >= 0.6 is 0 Å². The molecular weight excluding hydrogens is 953 g/mol. The summed E-state index contributed by atoms with van der Waals surface area (Å²) in [5, 5.41) is 6.39. The van der Waals surface area contributed by atoms with Gasteiger partial charge in [0.1, 0.15) is 13.2 Å². The predicted octanol–water partition coefficient (Wildman–Crippen LogP) is 9.25. The summed E-state index contributed by atoms with van der Waals surface area (Å²) < 4.78 is 41.6. The first-order chi connectivity index (χ1) is 36.6. The maximum Gasteiger partial charge on any atom is 0.260 e. The van der Waals surface area contributed by atoms with Crippen LogP contribution in [0.4, 0.5) is 28.4 Å². The molecule has 2 amide bonds. The average molecular weight is 1030 g/mol. The first kappa shape index (κ1) is 55.6. The van der Waals surface area contributed by atoms with Crippen LogP contribution in [0.2, 0.25) is 0 Å². The minimum absolute atomic E-state index is 0.0108. The summed E-state index contributed by atoms with van der Waals surface area (Å²) in [6, 6.07) is 29.5. The maximum atomic E-state index is 14.1. The van der Waals surface area contributed by atoms with Gasteiger partial charge >= 0.3 is 0 Å². The monoisotopic (exact) mass is 1030 g/mol. The molecule has 75 heavy (non-hydrogen) atoms. The quantitative estimate of drug-likeness (QED) is 0.0255. The second kappa shape index (κ2) is 28.0. The van der Waals surface area contributed by atoms with Crippen LogP contribution in [0.1, 0.15) is 82.5 Å². The van der Waals surface area contributed by atoms with Crippen LogP contribution in [0, 0.1) is 0 Å². The minimum Gasteiger partial charge on any atom is -0.493 e. The summed E-state index contributed by atoms with van der Waals surface area (Å²) in [6.45, 7) is 8.32. The van der Waals surface area contributed by atoms with Crippen molar-refractivity contribution in [2.45, 2.75) is 77.7 Å². The molecule has 0 saturated carbocycles. The number of hydrogen-bond acceptors (Lipinski definition) is 14. The van der Waals surface area contributed by atoms with Gasteiger partial charge in [0.25, 0.3) is 5.91 Å². The molecule has 0 fully saturated rings. The van der Waals surface area contributed by atoms with Crippen molar-refractivity contribution in [1.82, 2.24) is 5.32 Å². The zero-order chi connectivity index (χ0) is 53.1. The molecule has 2 heterocycles. The number of anilines is 4. The molecule has 0 radical (unpaired) electrons. The predicted molar refractivity (Wildman–Crippen MR) is 296 cm³/mol. The SMILES string of the molecule is CCC(CC)NC(=O)CCCN(CCOCCOCCOC)c1cc(COc2cc(/N=C\C3Cc4ccccc4N3C)c(C=O)cc2OC)cc(COc2cc(NC)c(C(=O)N3CCc4ccccc43)cc2OC)c1. The van der Waals surface area contributed by atoms with Crippen molar-refractivity contribution < 1.29 is 47.5 Å². The Morgan fingerprint density at radius 1 is 0.773 bits per heavy atom. The number of nitrogens with zero attached hydrogens (tertiary/aromatic N) is 4. The number of likely N-dealkylation sites (N-methyl/N-ethyl adjacent to an activating group) is 1. The first-order valence-corrected chi connectivity index (χ1v) is 26.0. The van der Waals surface area contributed by atoms with Crippen LogP contribution in [0.25, 0.3) is 0 Å². The van der Waals surface area contributed by atoms with E-state index in [9.17, 15) is 14.4 Å². The van der Waals surface area contributed by atoms with Crippen molar-refractivity contribution in [3.63, 3.8) is 0 Å². The molecule has 0 spiro atoms. The van der Waals surface area contributed by atoms with Crippen molar-refractivity contribution in [3.8, 4) is 23.0 Å². The van der Waals surface area contributed by atoms with E-state index in [0.717, 1.165) is 65.7 Å². The van der Waals surface area contributed by atoms with E-state index in [1.54, 1.807) is 52.6 Å². The van der Waals surface area contributed by atoms with Gasteiger partial charge in [-0.25, -0.2) is 0 Å². The lowest BCUT2D eigenvalue weighted by molar-refractivity contribution is -0.121. The molecule has 0 aromatic heterocycles. The fourth-order valence-electron chi connectivity index (χ4n) is 9.49. The van der Waals surface area contributed by atoms with Gasteiger partial charge in [-0.15, -0.1) is 0 Å². The van der Waals surface area contributed by atoms with Crippen LogP contribution in [-0.4, -0.2) is 124 Å². The third-order valence-electron chi connectivity index (χ3n) is 13.7. The lowest BCUT2D eigenvalue weighted by atomic mass is 10.1. The molecule has 16 nitrogen and oxygen atoms in total. The van der Waals surface area contributed by atoms with E-state index in [4.69, 9.17) is 38.2 Å². The van der Waals surface area contributed by atoms with Crippen LogP contribution in [0.3, 0.4) is 0 Å². The number of nitrogens with one attached hydrogen (secondary N) is 2. The van der Waals surface area contributed by atoms with E-state index in [-0.39, 0.29) is 37.1 Å². The first-order valence-electron chi connectivity index (χ1n) is 26.0. The third kappa shape index (κ3) is 14.6. The Morgan fingerprint density at radius 3 is 2.09 bits per heavy atom. The maximum absolute atomic E-state index is 14.1. The van der Waals surface area contributed by atoms with Gasteiger partial charge in [-0.1, -0.05) is 50.2 Å². The van der Waals surface area contributed by atoms with Crippen molar-refractivity contribution in [2.24, 2.45) is 4.99 Å². The molecule has 2 aliphatic rings. The molecule has 2 N–H and O–H groups in total. The number of fused-ring (bicyclic) bond motifs is 2. The fourth-order valence-corrected chi connectivity index (χ4v) is 9.49. The molecule has 2 aliphatic heterocycles. The standard InChI is InChI=1S/C59H74N6O10/c1-8-46(9-2)62-58(67)19-14-21-64(23-24-72-27-28-73-26-25-69-5)47-30-41(39-74-56-35-50(45(38-66)33-54(56)70-6)61-37-48-32-44-16-11-12-17-52(44)63(48)4)29-42(31-47)40-75-57-36-51(60-3)49(34-55(57)71-7)59(68)65-22-20-43-15-10-13-18-53(43)65/h10-13,15-18,29-31,33-38,46,48,60H,8-9,14,19-28,32,39-40H2,1-7H3,(H,62,67)/b61-37-. The summed E-state index contributed by atoms with van der Waals surface area (Å²) in [7, 11) is 8.57. The number of para-hydroxylation sites is 2. The molecule has 16 heteroatoms. The summed E-state index contributed by atoms with van der Waals surface area (Å²) in [5.41, 5.74) is 8.87. The van der Waals surface area contributed by atoms with Gasteiger partial charge in [0.2, 0.25) is 5.91 Å². The van der Waals surface area contributed by atoms with E-state index in [1.165, 1.54) is 5.56 Å². The van der Waals surface area contributed by atoms with E-state index < -0.39 is 0 Å². The molecular formula is C59H74N6O10. The molecule has 1 atom stereocenters. The number of benzene rings is 5. The second-order valence-corrected chi connectivity index (χ2v) is 18.6. The number of carbonyl (C=O) groups is 3. The number of aldehydes is 1. The van der Waals surface area contributed by atoms with Gasteiger partial charge < -0.3 is 58.5 Å². The Balaban J connectivity index is 1.17. The largest absolute Gasteiger partial charge is 0.493 e. The average Bonchev–Trinajstić information content (AvgIpc) is 4.02.